The van der Waals surface area contributed by atoms with Crippen LogP contribution in [0.25, 0.3) is 0 Å². The Morgan fingerprint density at radius 1 is 1.50 bits per heavy atom. The topological polar surface area (TPSA) is 60.8 Å². The molecule has 2 fully saturated rings. The molecular weight excluding hydrogens is 182 g/mol. The first-order chi connectivity index (χ1) is 6.63. The fraction of sp³-hybridized carbons (Fsp3) is 0.900. The number of carbonyl (C=O) groups is 1. The number of likely N-dealkylation sites (tertiary alicyclic amines) is 1. The van der Waals surface area contributed by atoms with Crippen LogP contribution in [0.4, 0.5) is 4.79 Å². The molecule has 1 aliphatic heterocycles. The highest BCUT2D eigenvalue weighted by atomic mass is 16.4. The van der Waals surface area contributed by atoms with Crippen molar-refractivity contribution >= 4 is 6.09 Å². The summed E-state index contributed by atoms with van der Waals surface area (Å²) in [6.45, 7) is 2.80. The van der Waals surface area contributed by atoms with E-state index in [0.29, 0.717) is 24.3 Å². The van der Waals surface area contributed by atoms with Gasteiger partial charge in [0.2, 0.25) is 0 Å². The molecule has 2 N–H and O–H groups in total. The summed E-state index contributed by atoms with van der Waals surface area (Å²) in [6, 6.07) is -0.151. The van der Waals surface area contributed by atoms with Crippen LogP contribution in [0.15, 0.2) is 0 Å². The molecule has 2 aliphatic rings. The van der Waals surface area contributed by atoms with Gasteiger partial charge < -0.3 is 15.1 Å². The van der Waals surface area contributed by atoms with Gasteiger partial charge in [-0.05, 0) is 30.6 Å². The number of nitrogens with zero attached hydrogens (tertiary/aromatic N) is 1. The lowest BCUT2D eigenvalue weighted by Crippen LogP contribution is -2.39. The van der Waals surface area contributed by atoms with Crippen molar-refractivity contribution in [2.45, 2.75) is 25.8 Å². The van der Waals surface area contributed by atoms with E-state index in [4.69, 9.17) is 5.11 Å². The molecule has 4 atom stereocenters. The predicted molar refractivity (Wildman–Crippen MR) is 51.0 cm³/mol. The Morgan fingerprint density at radius 2 is 2.21 bits per heavy atom. The van der Waals surface area contributed by atoms with Crippen molar-refractivity contribution in [2.75, 3.05) is 13.2 Å². The molecule has 1 amide bonds. The predicted octanol–water partition coefficient (Wildman–Crippen LogP) is 1.00. The summed E-state index contributed by atoms with van der Waals surface area (Å²) in [5.41, 5.74) is 0. The standard InChI is InChI=1S/C10H17NO3/c1-6-2-7-4-11(10(13)14)9(5-12)8(7)3-6/h6-9,12H,2-5H2,1H3,(H,13,14)/t6?,7-,8-,9+/m0/s1. The number of hydrogen-bond donors (Lipinski definition) is 2. The minimum absolute atomic E-state index is 0.0276. The van der Waals surface area contributed by atoms with Gasteiger partial charge in [-0.15, -0.1) is 0 Å². The van der Waals surface area contributed by atoms with Crippen molar-refractivity contribution in [3.05, 3.63) is 0 Å². The summed E-state index contributed by atoms with van der Waals surface area (Å²) < 4.78 is 0. The van der Waals surface area contributed by atoms with Crippen LogP contribution in [0, 0.1) is 17.8 Å². The zero-order valence-corrected chi connectivity index (χ0v) is 8.39. The highest BCUT2D eigenvalue weighted by Gasteiger charge is 2.47. The van der Waals surface area contributed by atoms with Gasteiger partial charge in [-0.1, -0.05) is 6.92 Å². The van der Waals surface area contributed by atoms with Crippen LogP contribution < -0.4 is 0 Å². The Bertz CT molecular complexity index is 244. The van der Waals surface area contributed by atoms with Crippen LogP contribution in [0.3, 0.4) is 0 Å². The summed E-state index contributed by atoms with van der Waals surface area (Å²) in [6.07, 6.45) is 1.30. The molecule has 14 heavy (non-hydrogen) atoms. The van der Waals surface area contributed by atoms with E-state index in [-0.39, 0.29) is 12.6 Å². The molecule has 0 aromatic rings. The van der Waals surface area contributed by atoms with Gasteiger partial charge in [-0.2, -0.15) is 0 Å². The van der Waals surface area contributed by atoms with E-state index in [0.717, 1.165) is 12.8 Å². The average molecular weight is 199 g/mol. The summed E-state index contributed by atoms with van der Waals surface area (Å²) in [7, 11) is 0. The molecule has 1 saturated heterocycles. The fourth-order valence-electron chi connectivity index (χ4n) is 3.20. The van der Waals surface area contributed by atoms with Gasteiger partial charge in [0.1, 0.15) is 0 Å². The highest BCUT2D eigenvalue weighted by molar-refractivity contribution is 5.66. The summed E-state index contributed by atoms with van der Waals surface area (Å²) in [5, 5.41) is 18.2. The minimum Gasteiger partial charge on any atom is -0.465 e. The number of aliphatic hydroxyl groups excluding tert-OH is 1. The Balaban J connectivity index is 2.12. The van der Waals surface area contributed by atoms with Gasteiger partial charge in [0, 0.05) is 6.54 Å². The molecule has 0 spiro atoms. The van der Waals surface area contributed by atoms with E-state index in [2.05, 4.69) is 6.92 Å². The summed E-state index contributed by atoms with van der Waals surface area (Å²) in [4.78, 5) is 12.3. The van der Waals surface area contributed by atoms with Gasteiger partial charge in [-0.3, -0.25) is 0 Å². The van der Waals surface area contributed by atoms with E-state index >= 15 is 0 Å². The highest BCUT2D eigenvalue weighted by Crippen LogP contribution is 2.44. The summed E-state index contributed by atoms with van der Waals surface area (Å²) >= 11 is 0. The maximum atomic E-state index is 10.9. The third-order valence-electron chi connectivity index (χ3n) is 3.74. The van der Waals surface area contributed by atoms with Crippen molar-refractivity contribution in [2.24, 2.45) is 17.8 Å². The van der Waals surface area contributed by atoms with Gasteiger partial charge in [0.15, 0.2) is 0 Å². The lowest BCUT2D eigenvalue weighted by atomic mass is 9.94. The molecule has 80 valence electrons. The zero-order valence-electron chi connectivity index (χ0n) is 8.39. The zero-order chi connectivity index (χ0) is 10.3. The number of aliphatic hydroxyl groups is 1. The normalized spacial score (nSPS) is 41.4. The lowest BCUT2D eigenvalue weighted by Gasteiger charge is -2.23. The molecule has 1 unspecified atom stereocenters. The van der Waals surface area contributed by atoms with Crippen LogP contribution in [0.1, 0.15) is 19.8 Å². The van der Waals surface area contributed by atoms with Crippen molar-refractivity contribution in [1.82, 2.24) is 4.90 Å². The maximum Gasteiger partial charge on any atom is 0.407 e. The quantitative estimate of drug-likeness (QED) is 0.662. The Hall–Kier alpha value is -0.770. The van der Waals surface area contributed by atoms with Crippen LogP contribution in [0.2, 0.25) is 0 Å². The van der Waals surface area contributed by atoms with E-state index < -0.39 is 6.09 Å². The average Bonchev–Trinajstić information content (AvgIpc) is 2.59. The van der Waals surface area contributed by atoms with Crippen molar-refractivity contribution < 1.29 is 15.0 Å². The van der Waals surface area contributed by atoms with E-state index in [1.807, 2.05) is 0 Å². The van der Waals surface area contributed by atoms with Gasteiger partial charge >= 0.3 is 6.09 Å². The molecule has 0 bridgehead atoms. The number of carboxylic acid groups (broad SMARTS) is 1. The second-order valence-electron chi connectivity index (χ2n) is 4.69. The Labute approximate surface area is 83.5 Å². The van der Waals surface area contributed by atoms with Crippen LogP contribution >= 0.6 is 0 Å². The third kappa shape index (κ3) is 1.38. The molecule has 4 heteroatoms. The largest absolute Gasteiger partial charge is 0.465 e. The number of fused-ring (bicyclic) bond motifs is 1. The molecule has 1 aliphatic carbocycles. The lowest BCUT2D eigenvalue weighted by molar-refractivity contribution is 0.104. The molecule has 4 nitrogen and oxygen atoms in total. The van der Waals surface area contributed by atoms with Crippen molar-refractivity contribution in [3.63, 3.8) is 0 Å². The second kappa shape index (κ2) is 3.42. The molecule has 1 heterocycles. The molecular formula is C10H17NO3. The number of rotatable bonds is 1. The van der Waals surface area contributed by atoms with Crippen LogP contribution in [-0.2, 0) is 0 Å². The molecule has 2 rings (SSSR count). The molecule has 1 saturated carbocycles. The third-order valence-corrected chi connectivity index (χ3v) is 3.74. The van der Waals surface area contributed by atoms with Gasteiger partial charge in [0.25, 0.3) is 0 Å². The second-order valence-corrected chi connectivity index (χ2v) is 4.69. The monoisotopic (exact) mass is 199 g/mol. The molecule has 0 radical (unpaired) electrons. The number of hydrogen-bond acceptors (Lipinski definition) is 2. The van der Waals surface area contributed by atoms with Crippen molar-refractivity contribution in [1.29, 1.82) is 0 Å². The summed E-state index contributed by atoms with van der Waals surface area (Å²) in [5.74, 6) is 1.57. The number of amides is 1. The van der Waals surface area contributed by atoms with Crippen LogP contribution in [0.5, 0.6) is 0 Å². The maximum absolute atomic E-state index is 10.9. The first-order valence-electron chi connectivity index (χ1n) is 5.24. The fourth-order valence-corrected chi connectivity index (χ4v) is 3.20. The Kier molecular flexibility index (Phi) is 2.39. The van der Waals surface area contributed by atoms with E-state index in [9.17, 15) is 9.90 Å². The van der Waals surface area contributed by atoms with E-state index in [1.54, 1.807) is 0 Å². The first kappa shape index (κ1) is 9.77. The smallest absolute Gasteiger partial charge is 0.407 e. The van der Waals surface area contributed by atoms with Crippen LogP contribution in [-0.4, -0.2) is 40.4 Å². The molecule has 0 aromatic heterocycles. The van der Waals surface area contributed by atoms with Gasteiger partial charge in [0.05, 0.1) is 12.6 Å². The van der Waals surface area contributed by atoms with Crippen molar-refractivity contribution in [3.8, 4) is 0 Å². The van der Waals surface area contributed by atoms with E-state index in [1.165, 1.54) is 4.90 Å². The minimum atomic E-state index is -0.883. The first-order valence-corrected chi connectivity index (χ1v) is 5.24. The SMILES string of the molecule is CC1C[C@H]2CN(C(=O)O)[C@H](CO)[C@H]2C1. The van der Waals surface area contributed by atoms with Gasteiger partial charge in [-0.25, -0.2) is 4.79 Å². The molecule has 0 aromatic carbocycles. The Morgan fingerprint density at radius 3 is 2.79 bits per heavy atom.